The fourth-order valence-corrected chi connectivity index (χ4v) is 2.81. The first-order valence-corrected chi connectivity index (χ1v) is 8.61. The van der Waals surface area contributed by atoms with Crippen molar-refractivity contribution in [2.75, 3.05) is 25.1 Å². The molecule has 1 aromatic rings. The topological polar surface area (TPSA) is 93.9 Å². The van der Waals surface area contributed by atoms with Crippen molar-refractivity contribution in [2.45, 2.75) is 31.8 Å². The van der Waals surface area contributed by atoms with Gasteiger partial charge in [-0.25, -0.2) is 0 Å². The quantitative estimate of drug-likeness (QED) is 0.428. The lowest BCUT2D eigenvalue weighted by molar-refractivity contribution is -0.140. The minimum Gasteiger partial charge on any atom is -0.477 e. The van der Waals surface area contributed by atoms with Gasteiger partial charge in [-0.1, -0.05) is 18.6 Å². The number of thiocarbonyl (C=S) groups is 1. The maximum Gasteiger partial charge on any atom is 0.305 e. The molecule has 1 aromatic carbocycles. The zero-order valence-electron chi connectivity index (χ0n) is 14.2. The number of ether oxygens (including phenoxy) is 2. The summed E-state index contributed by atoms with van der Waals surface area (Å²) in [7, 11) is 1.39. The number of amides is 1. The van der Waals surface area contributed by atoms with Gasteiger partial charge in [0.05, 0.1) is 19.3 Å². The predicted molar refractivity (Wildman–Crippen MR) is 98.5 cm³/mol. The summed E-state index contributed by atoms with van der Waals surface area (Å²) in [4.78, 5) is 24.4. The Kier molecular flexibility index (Phi) is 7.00. The highest BCUT2D eigenvalue weighted by molar-refractivity contribution is 7.80. The van der Waals surface area contributed by atoms with Crippen LogP contribution in [0.2, 0.25) is 0 Å². The van der Waals surface area contributed by atoms with Crippen LogP contribution in [-0.4, -0.2) is 43.3 Å². The van der Waals surface area contributed by atoms with Gasteiger partial charge < -0.3 is 25.4 Å². The van der Waals surface area contributed by atoms with E-state index in [2.05, 4.69) is 10.1 Å². The zero-order chi connectivity index (χ0) is 18.2. The minimum absolute atomic E-state index is 0.189. The van der Waals surface area contributed by atoms with Crippen molar-refractivity contribution in [1.82, 2.24) is 5.32 Å². The number of para-hydroxylation sites is 2. The van der Waals surface area contributed by atoms with E-state index in [4.69, 9.17) is 22.7 Å². The van der Waals surface area contributed by atoms with Crippen molar-refractivity contribution in [1.29, 1.82) is 0 Å². The Morgan fingerprint density at radius 3 is 2.84 bits per heavy atom. The van der Waals surface area contributed by atoms with Crippen LogP contribution in [0.4, 0.5) is 5.69 Å². The lowest BCUT2D eigenvalue weighted by Crippen LogP contribution is -2.52. The summed E-state index contributed by atoms with van der Waals surface area (Å²) in [6.07, 6.45) is 2.25. The highest BCUT2D eigenvalue weighted by Gasteiger charge is 2.30. The number of primary amides is 1. The number of benzene rings is 1. The summed E-state index contributed by atoms with van der Waals surface area (Å²) >= 11 is 5.46. The zero-order valence-corrected chi connectivity index (χ0v) is 15.0. The molecule has 8 heteroatoms. The second-order valence-corrected chi connectivity index (χ2v) is 6.09. The molecule has 1 aliphatic heterocycles. The number of rotatable bonds is 7. The summed E-state index contributed by atoms with van der Waals surface area (Å²) in [6.45, 7) is 0.960. The SMILES string of the molecule is COC(=O)CCCCCNC(=S)N1C[C@H](C(N)=O)Oc2ccccc21. The highest BCUT2D eigenvalue weighted by Crippen LogP contribution is 2.33. The van der Waals surface area contributed by atoms with E-state index in [-0.39, 0.29) is 12.5 Å². The van der Waals surface area contributed by atoms with Gasteiger partial charge in [0.25, 0.3) is 5.91 Å². The van der Waals surface area contributed by atoms with Crippen molar-refractivity contribution in [3.63, 3.8) is 0 Å². The van der Waals surface area contributed by atoms with Gasteiger partial charge in [-0.3, -0.25) is 9.59 Å². The molecule has 1 atom stereocenters. The predicted octanol–water partition coefficient (Wildman–Crippen LogP) is 1.35. The Bertz CT molecular complexity index is 638. The van der Waals surface area contributed by atoms with Gasteiger partial charge in [0.2, 0.25) is 0 Å². The van der Waals surface area contributed by atoms with Crippen LogP contribution >= 0.6 is 12.2 Å². The molecular weight excluding hydrogens is 342 g/mol. The van der Waals surface area contributed by atoms with E-state index in [0.717, 1.165) is 24.9 Å². The molecule has 25 heavy (non-hydrogen) atoms. The third kappa shape index (κ3) is 5.32. The molecule has 7 nitrogen and oxygen atoms in total. The van der Waals surface area contributed by atoms with Crippen molar-refractivity contribution < 1.29 is 19.1 Å². The second kappa shape index (κ2) is 9.22. The van der Waals surface area contributed by atoms with Gasteiger partial charge in [-0.05, 0) is 37.2 Å². The van der Waals surface area contributed by atoms with E-state index in [0.29, 0.717) is 23.8 Å². The van der Waals surface area contributed by atoms with Gasteiger partial charge in [-0.2, -0.15) is 0 Å². The summed E-state index contributed by atoms with van der Waals surface area (Å²) in [5.74, 6) is -0.129. The van der Waals surface area contributed by atoms with E-state index in [1.54, 1.807) is 6.07 Å². The van der Waals surface area contributed by atoms with E-state index in [1.165, 1.54) is 7.11 Å². The molecule has 0 aliphatic carbocycles. The number of fused-ring (bicyclic) bond motifs is 1. The molecule has 0 bridgehead atoms. The number of hydrogen-bond donors (Lipinski definition) is 2. The lowest BCUT2D eigenvalue weighted by Gasteiger charge is -2.35. The third-order valence-corrected chi connectivity index (χ3v) is 4.26. The first-order valence-electron chi connectivity index (χ1n) is 8.20. The second-order valence-electron chi connectivity index (χ2n) is 5.71. The number of unbranched alkanes of at least 4 members (excludes halogenated alkanes) is 2. The lowest BCUT2D eigenvalue weighted by atomic mass is 10.2. The fourth-order valence-electron chi connectivity index (χ4n) is 2.54. The number of nitrogens with one attached hydrogen (secondary N) is 1. The van der Waals surface area contributed by atoms with Crippen LogP contribution < -0.4 is 20.7 Å². The number of carbonyl (C=O) groups is 2. The average Bonchev–Trinajstić information content (AvgIpc) is 2.62. The molecule has 0 fully saturated rings. The molecule has 1 aliphatic rings. The number of nitrogens with two attached hydrogens (primary N) is 1. The molecule has 0 saturated heterocycles. The number of carbonyl (C=O) groups excluding carboxylic acids is 2. The minimum atomic E-state index is -0.741. The standard InChI is InChI=1S/C17H23N3O4S/c1-23-15(21)9-3-2-6-10-19-17(25)20-11-14(16(18)22)24-13-8-5-4-7-12(13)20/h4-5,7-8,14H,2-3,6,9-11H2,1H3,(H2,18,22)(H,19,25)/t14-/m1/s1. The van der Waals surface area contributed by atoms with Crippen LogP contribution in [0.1, 0.15) is 25.7 Å². The van der Waals surface area contributed by atoms with Crippen LogP contribution in [0.15, 0.2) is 24.3 Å². The first-order chi connectivity index (χ1) is 12.0. The smallest absolute Gasteiger partial charge is 0.305 e. The molecule has 3 N–H and O–H groups in total. The number of anilines is 1. The van der Waals surface area contributed by atoms with Crippen molar-refractivity contribution in [2.24, 2.45) is 5.73 Å². The summed E-state index contributed by atoms with van der Waals surface area (Å²) < 4.78 is 10.2. The van der Waals surface area contributed by atoms with Gasteiger partial charge in [0.1, 0.15) is 5.75 Å². The molecular formula is C17H23N3O4S. The van der Waals surface area contributed by atoms with E-state index in [1.807, 2.05) is 23.1 Å². The largest absolute Gasteiger partial charge is 0.477 e. The highest BCUT2D eigenvalue weighted by atomic mass is 32.1. The third-order valence-electron chi connectivity index (χ3n) is 3.90. The Balaban J connectivity index is 1.86. The first kappa shape index (κ1) is 19.0. The average molecular weight is 365 g/mol. The van der Waals surface area contributed by atoms with Crippen molar-refractivity contribution in [3.05, 3.63) is 24.3 Å². The Morgan fingerprint density at radius 2 is 2.12 bits per heavy atom. The number of hydrogen-bond acceptors (Lipinski definition) is 5. The Labute approximate surface area is 152 Å². The van der Waals surface area contributed by atoms with Gasteiger partial charge >= 0.3 is 5.97 Å². The Morgan fingerprint density at radius 1 is 1.36 bits per heavy atom. The summed E-state index contributed by atoms with van der Waals surface area (Å²) in [5, 5.41) is 3.71. The molecule has 0 radical (unpaired) electrons. The monoisotopic (exact) mass is 365 g/mol. The van der Waals surface area contributed by atoms with Crippen LogP contribution in [0, 0.1) is 0 Å². The molecule has 0 spiro atoms. The molecule has 1 heterocycles. The maximum atomic E-state index is 11.5. The van der Waals surface area contributed by atoms with E-state index >= 15 is 0 Å². The van der Waals surface area contributed by atoms with E-state index < -0.39 is 12.0 Å². The normalized spacial score (nSPS) is 15.7. The molecule has 2 rings (SSSR count). The molecule has 0 unspecified atom stereocenters. The maximum absolute atomic E-state index is 11.5. The summed E-state index contributed by atoms with van der Waals surface area (Å²) in [6, 6.07) is 7.39. The van der Waals surface area contributed by atoms with E-state index in [9.17, 15) is 9.59 Å². The molecule has 0 saturated carbocycles. The van der Waals surface area contributed by atoms with Gasteiger partial charge in [0.15, 0.2) is 11.2 Å². The van der Waals surface area contributed by atoms with Crippen molar-refractivity contribution >= 4 is 34.9 Å². The number of nitrogens with zero attached hydrogens (tertiary/aromatic N) is 1. The number of methoxy groups -OCH3 is 1. The van der Waals surface area contributed by atoms with Crippen LogP contribution in [0.5, 0.6) is 5.75 Å². The van der Waals surface area contributed by atoms with Gasteiger partial charge in [0, 0.05) is 13.0 Å². The van der Waals surface area contributed by atoms with Gasteiger partial charge in [-0.15, -0.1) is 0 Å². The number of esters is 1. The van der Waals surface area contributed by atoms with Crippen LogP contribution in [0.3, 0.4) is 0 Å². The molecule has 1 amide bonds. The van der Waals surface area contributed by atoms with Crippen LogP contribution in [0.25, 0.3) is 0 Å². The Hall–Kier alpha value is -2.35. The van der Waals surface area contributed by atoms with Crippen molar-refractivity contribution in [3.8, 4) is 5.75 Å². The fraction of sp³-hybridized carbons (Fsp3) is 0.471. The molecule has 136 valence electrons. The molecule has 0 aromatic heterocycles. The van der Waals surface area contributed by atoms with Crippen LogP contribution in [-0.2, 0) is 14.3 Å². The summed E-state index contributed by atoms with van der Waals surface area (Å²) in [5.41, 5.74) is 6.19.